The number of aliphatic hydroxyl groups is 1. The fourth-order valence-electron chi connectivity index (χ4n) is 1.73. The van der Waals surface area contributed by atoms with Gasteiger partial charge in [-0.05, 0) is 6.42 Å². The molecule has 0 aromatic heterocycles. The third-order valence-corrected chi connectivity index (χ3v) is 2.55. The molecule has 0 aliphatic heterocycles. The number of rotatable bonds is 6. The molecule has 1 fully saturated rings. The minimum atomic E-state index is -1.01. The summed E-state index contributed by atoms with van der Waals surface area (Å²) < 4.78 is 5.44. The first-order valence-electron chi connectivity index (χ1n) is 5.11. The van der Waals surface area contributed by atoms with Gasteiger partial charge in [0.2, 0.25) is 0 Å². The van der Waals surface area contributed by atoms with Crippen molar-refractivity contribution in [1.82, 2.24) is 0 Å². The molecule has 0 aromatic carbocycles. The monoisotopic (exact) mass is 202 g/mol. The molecular formula is C10H18O4. The number of hydrogen-bond acceptors (Lipinski definition) is 3. The molecule has 0 amide bonds. The van der Waals surface area contributed by atoms with Crippen LogP contribution in [0.3, 0.4) is 0 Å². The predicted octanol–water partition coefficient (Wildman–Crippen LogP) is 1.17. The maximum atomic E-state index is 10.4. The van der Waals surface area contributed by atoms with E-state index in [0.717, 1.165) is 12.8 Å². The summed E-state index contributed by atoms with van der Waals surface area (Å²) in [6.45, 7) is 2.80. The van der Waals surface area contributed by atoms with E-state index in [4.69, 9.17) is 9.84 Å². The first kappa shape index (κ1) is 11.5. The summed E-state index contributed by atoms with van der Waals surface area (Å²) >= 11 is 0. The fourth-order valence-corrected chi connectivity index (χ4v) is 1.73. The van der Waals surface area contributed by atoms with Crippen molar-refractivity contribution >= 4 is 5.97 Å². The number of hydrogen-bond donors (Lipinski definition) is 2. The maximum Gasteiger partial charge on any atom is 0.306 e. The lowest BCUT2D eigenvalue weighted by atomic mass is 9.75. The van der Waals surface area contributed by atoms with Crippen molar-refractivity contribution in [1.29, 1.82) is 0 Å². The Morgan fingerprint density at radius 2 is 2.21 bits per heavy atom. The van der Waals surface area contributed by atoms with E-state index >= 15 is 0 Å². The van der Waals surface area contributed by atoms with Gasteiger partial charge in [0.05, 0.1) is 18.1 Å². The van der Waals surface area contributed by atoms with Crippen LogP contribution >= 0.6 is 0 Å². The third kappa shape index (κ3) is 3.27. The zero-order valence-corrected chi connectivity index (χ0v) is 8.53. The van der Waals surface area contributed by atoms with Gasteiger partial charge in [0.1, 0.15) is 0 Å². The largest absolute Gasteiger partial charge is 0.481 e. The first-order chi connectivity index (χ1) is 6.56. The molecule has 0 spiro atoms. The van der Waals surface area contributed by atoms with Crippen LogP contribution < -0.4 is 0 Å². The number of unbranched alkanes of at least 4 members (excludes halogenated alkanes) is 1. The molecule has 0 bridgehead atoms. The lowest BCUT2D eigenvalue weighted by Gasteiger charge is -2.42. The molecule has 1 aliphatic rings. The zero-order valence-electron chi connectivity index (χ0n) is 8.53. The Morgan fingerprint density at radius 1 is 1.57 bits per heavy atom. The second kappa shape index (κ2) is 4.75. The van der Waals surface area contributed by atoms with Gasteiger partial charge in [-0.15, -0.1) is 0 Å². The van der Waals surface area contributed by atoms with Crippen molar-refractivity contribution in [3.63, 3.8) is 0 Å². The summed E-state index contributed by atoms with van der Waals surface area (Å²) in [6, 6.07) is 0. The van der Waals surface area contributed by atoms with Crippen LogP contribution in [0.2, 0.25) is 0 Å². The molecule has 0 unspecified atom stereocenters. The third-order valence-electron chi connectivity index (χ3n) is 2.55. The van der Waals surface area contributed by atoms with Crippen LogP contribution in [0, 0.1) is 0 Å². The van der Waals surface area contributed by atoms with E-state index in [9.17, 15) is 9.90 Å². The molecule has 0 radical (unpaired) electrons. The van der Waals surface area contributed by atoms with E-state index in [1.807, 2.05) is 0 Å². The highest BCUT2D eigenvalue weighted by Gasteiger charge is 2.44. The number of aliphatic carboxylic acids is 1. The standard InChI is InChI=1S/C10H18O4/c1-2-3-4-14-8-5-10(13,6-8)7-9(11)12/h8,13H,2-7H2,1H3,(H,11,12). The molecule has 0 heterocycles. The minimum Gasteiger partial charge on any atom is -0.481 e. The number of ether oxygens (including phenoxy) is 1. The van der Waals surface area contributed by atoms with Gasteiger partial charge < -0.3 is 14.9 Å². The zero-order chi connectivity index (χ0) is 10.6. The molecule has 4 nitrogen and oxygen atoms in total. The summed E-state index contributed by atoms with van der Waals surface area (Å²) in [5, 5.41) is 18.2. The Bertz CT molecular complexity index is 196. The Hall–Kier alpha value is -0.610. The van der Waals surface area contributed by atoms with E-state index < -0.39 is 11.6 Å². The van der Waals surface area contributed by atoms with Crippen LogP contribution in [0.25, 0.3) is 0 Å². The topological polar surface area (TPSA) is 66.8 Å². The van der Waals surface area contributed by atoms with Crippen molar-refractivity contribution in [3.8, 4) is 0 Å². The first-order valence-corrected chi connectivity index (χ1v) is 5.11. The quantitative estimate of drug-likeness (QED) is 0.634. The second-order valence-corrected chi connectivity index (χ2v) is 4.05. The van der Waals surface area contributed by atoms with Crippen LogP contribution in [-0.4, -0.2) is 34.5 Å². The highest BCUT2D eigenvalue weighted by atomic mass is 16.5. The van der Waals surface area contributed by atoms with Gasteiger partial charge in [0, 0.05) is 19.4 Å². The van der Waals surface area contributed by atoms with Crippen LogP contribution in [0.15, 0.2) is 0 Å². The Kier molecular flexibility index (Phi) is 3.89. The summed E-state index contributed by atoms with van der Waals surface area (Å²) in [4.78, 5) is 10.4. The van der Waals surface area contributed by atoms with Gasteiger partial charge in [-0.3, -0.25) is 4.79 Å². The average Bonchev–Trinajstić information content (AvgIpc) is 2.00. The van der Waals surface area contributed by atoms with Crippen molar-refractivity contribution < 1.29 is 19.7 Å². The van der Waals surface area contributed by atoms with E-state index in [0.29, 0.717) is 19.4 Å². The van der Waals surface area contributed by atoms with E-state index in [1.54, 1.807) is 0 Å². The number of carboxylic acid groups (broad SMARTS) is 1. The van der Waals surface area contributed by atoms with E-state index in [2.05, 4.69) is 6.92 Å². The predicted molar refractivity (Wildman–Crippen MR) is 51.1 cm³/mol. The summed E-state index contributed by atoms with van der Waals surface area (Å²) in [7, 11) is 0. The van der Waals surface area contributed by atoms with Crippen molar-refractivity contribution in [3.05, 3.63) is 0 Å². The highest BCUT2D eigenvalue weighted by Crippen LogP contribution is 2.37. The van der Waals surface area contributed by atoms with Crippen LogP contribution in [0.4, 0.5) is 0 Å². The normalized spacial score (nSPS) is 31.1. The highest BCUT2D eigenvalue weighted by molar-refractivity contribution is 5.68. The van der Waals surface area contributed by atoms with Crippen molar-refractivity contribution in [2.24, 2.45) is 0 Å². The number of carboxylic acids is 1. The van der Waals surface area contributed by atoms with Gasteiger partial charge in [0.25, 0.3) is 0 Å². The smallest absolute Gasteiger partial charge is 0.306 e. The molecule has 0 saturated heterocycles. The SMILES string of the molecule is CCCCOC1CC(O)(CC(=O)O)C1. The van der Waals surface area contributed by atoms with E-state index in [1.165, 1.54) is 0 Å². The van der Waals surface area contributed by atoms with Gasteiger partial charge in [-0.2, -0.15) is 0 Å². The number of carbonyl (C=O) groups is 1. The average molecular weight is 202 g/mol. The summed E-state index contributed by atoms with van der Waals surface area (Å²) in [5.41, 5.74) is -1.01. The molecule has 14 heavy (non-hydrogen) atoms. The molecule has 1 aliphatic carbocycles. The van der Waals surface area contributed by atoms with Gasteiger partial charge in [-0.25, -0.2) is 0 Å². The Morgan fingerprint density at radius 3 is 2.71 bits per heavy atom. The van der Waals surface area contributed by atoms with Gasteiger partial charge in [0.15, 0.2) is 0 Å². The lowest BCUT2D eigenvalue weighted by molar-refractivity contribution is -0.164. The van der Waals surface area contributed by atoms with Gasteiger partial charge in [-0.1, -0.05) is 13.3 Å². The molecule has 4 heteroatoms. The molecule has 82 valence electrons. The summed E-state index contributed by atoms with van der Waals surface area (Å²) in [5.74, 6) is -0.945. The van der Waals surface area contributed by atoms with E-state index in [-0.39, 0.29) is 12.5 Å². The molecule has 1 rings (SSSR count). The fraction of sp³-hybridized carbons (Fsp3) is 0.900. The van der Waals surface area contributed by atoms with Crippen LogP contribution in [0.1, 0.15) is 39.0 Å². The van der Waals surface area contributed by atoms with Crippen molar-refractivity contribution in [2.75, 3.05) is 6.61 Å². The summed E-state index contributed by atoms with van der Waals surface area (Å²) in [6.07, 6.45) is 2.93. The molecule has 0 atom stereocenters. The van der Waals surface area contributed by atoms with Crippen LogP contribution in [-0.2, 0) is 9.53 Å². The lowest BCUT2D eigenvalue weighted by Crippen LogP contribution is -2.49. The van der Waals surface area contributed by atoms with Crippen LogP contribution in [0.5, 0.6) is 0 Å². The Labute approximate surface area is 83.9 Å². The molecule has 2 N–H and O–H groups in total. The van der Waals surface area contributed by atoms with Crippen molar-refractivity contribution in [2.45, 2.75) is 50.7 Å². The Balaban J connectivity index is 2.12. The van der Waals surface area contributed by atoms with Gasteiger partial charge >= 0.3 is 5.97 Å². The minimum absolute atomic E-state index is 0.0610. The molecule has 1 saturated carbocycles. The molecule has 0 aromatic rings. The maximum absolute atomic E-state index is 10.4. The molecular weight excluding hydrogens is 184 g/mol. The second-order valence-electron chi connectivity index (χ2n) is 4.05.